The quantitative estimate of drug-likeness (QED) is 0.0861. The predicted octanol–water partition coefficient (Wildman–Crippen LogP) is 10.9. The van der Waals surface area contributed by atoms with E-state index in [1.165, 1.54) is 43.0 Å². The van der Waals surface area contributed by atoms with Crippen molar-refractivity contribution in [2.24, 2.45) is 0 Å². The van der Waals surface area contributed by atoms with E-state index in [4.69, 9.17) is 9.47 Å². The third kappa shape index (κ3) is 14.6. The zero-order valence-corrected chi connectivity index (χ0v) is 41.2. The summed E-state index contributed by atoms with van der Waals surface area (Å²) in [6.07, 6.45) is 3.99. The van der Waals surface area contributed by atoms with Gasteiger partial charge in [0.05, 0.1) is 29.1 Å². The largest absolute Gasteiger partial charge is 2.00 e. The van der Waals surface area contributed by atoms with Crippen LogP contribution in [0.2, 0.25) is 39.3 Å². The Morgan fingerprint density at radius 3 is 0.800 bits per heavy atom. The first-order chi connectivity index (χ1) is 28.5. The van der Waals surface area contributed by atoms with Crippen LogP contribution in [-0.2, 0) is 26.0 Å². The Labute approximate surface area is 376 Å². The summed E-state index contributed by atoms with van der Waals surface area (Å²) in [5.41, 5.74) is 10.5. The summed E-state index contributed by atoms with van der Waals surface area (Å²) in [6.45, 7) is 15.6. The molecule has 2 nitrogen and oxygen atoms in total. The second-order valence-corrected chi connectivity index (χ2v) is 31.7. The van der Waals surface area contributed by atoms with E-state index in [0.717, 1.165) is 38.9 Å². The van der Waals surface area contributed by atoms with Crippen molar-refractivity contribution in [2.45, 2.75) is 70.8 Å². The van der Waals surface area contributed by atoms with E-state index in [2.05, 4.69) is 233 Å². The van der Waals surface area contributed by atoms with Crippen molar-refractivity contribution in [3.05, 3.63) is 205 Å². The van der Waals surface area contributed by atoms with E-state index >= 15 is 0 Å². The Hall–Kier alpha value is -3.49. The molecule has 0 atom stereocenters. The van der Waals surface area contributed by atoms with Crippen LogP contribution in [0.1, 0.15) is 25.7 Å². The Bertz CT molecular complexity index is 1840. The van der Waals surface area contributed by atoms with Gasteiger partial charge in [-0.2, -0.15) is 0 Å². The van der Waals surface area contributed by atoms with Crippen LogP contribution in [0.3, 0.4) is 0 Å². The minimum atomic E-state index is -1.35. The fourth-order valence-electron chi connectivity index (χ4n) is 7.65. The van der Waals surface area contributed by atoms with Gasteiger partial charge in [-0.05, 0) is 102 Å². The van der Waals surface area contributed by atoms with Crippen LogP contribution < -0.4 is 31.8 Å². The third-order valence-corrected chi connectivity index (χ3v) is 17.7. The van der Waals surface area contributed by atoms with Gasteiger partial charge in [-0.3, -0.25) is 0 Å². The maximum absolute atomic E-state index is 5.94. The van der Waals surface area contributed by atoms with Crippen molar-refractivity contribution in [1.82, 2.24) is 0 Å². The SMILES string of the molecule is C[Si](C)(C)[C-]=C1CCC2(CCC1=[C-][Si](C)(C)C)OCCO2.[Ni+2].c1ccc([PH+](c2ccccc2)c2ccccc2)cc1.c1ccc([PH+](c2ccccc2)c2ccccc2)cc1. The van der Waals surface area contributed by atoms with Crippen molar-refractivity contribution >= 4 is 63.8 Å². The fourth-order valence-corrected chi connectivity index (χ4v) is 15.2. The van der Waals surface area contributed by atoms with Gasteiger partial charge in [0.25, 0.3) is 0 Å². The van der Waals surface area contributed by atoms with E-state index < -0.39 is 32.0 Å². The molecular formula is C53H62NiO2P2Si2+2. The summed E-state index contributed by atoms with van der Waals surface area (Å²) in [7, 11) is -4.45. The molecule has 8 rings (SSSR count). The molecule has 1 spiro atoms. The summed E-state index contributed by atoms with van der Waals surface area (Å²) >= 11 is 0. The van der Waals surface area contributed by atoms with Gasteiger partial charge >= 0.3 is 16.5 Å². The van der Waals surface area contributed by atoms with Crippen LogP contribution in [0.4, 0.5) is 0 Å². The van der Waals surface area contributed by atoms with E-state index in [1.54, 1.807) is 0 Å². The predicted molar refractivity (Wildman–Crippen MR) is 266 cm³/mol. The molecule has 0 radical (unpaired) electrons. The molecule has 0 N–H and O–H groups in total. The molecule has 60 heavy (non-hydrogen) atoms. The van der Waals surface area contributed by atoms with Crippen molar-refractivity contribution in [3.8, 4) is 0 Å². The smallest absolute Gasteiger partial charge is 0.377 e. The number of rotatable bonds is 8. The Morgan fingerprint density at radius 2 is 0.600 bits per heavy atom. The molecule has 0 amide bonds. The molecule has 6 aromatic rings. The molecule has 7 heteroatoms. The van der Waals surface area contributed by atoms with Gasteiger partial charge in [0, 0.05) is 0 Å². The van der Waals surface area contributed by atoms with Crippen LogP contribution in [0.25, 0.3) is 0 Å². The average Bonchev–Trinajstić information content (AvgIpc) is 3.66. The van der Waals surface area contributed by atoms with Gasteiger partial charge in [0.2, 0.25) is 0 Å². The molecule has 1 heterocycles. The summed E-state index contributed by atoms with van der Waals surface area (Å²) in [4.78, 5) is 0. The molecule has 2 aliphatic rings. The first kappa shape index (κ1) is 47.6. The third-order valence-electron chi connectivity index (χ3n) is 10.1. The number of hydrogen-bond acceptors (Lipinski definition) is 2. The molecule has 312 valence electrons. The molecule has 6 aromatic carbocycles. The van der Waals surface area contributed by atoms with Gasteiger partial charge in [-0.1, -0.05) is 148 Å². The number of benzene rings is 6. The standard InChI is InChI=1S/2C18H15P.C17H30O2Si2.Ni/c2*1-4-10-16(11-5-1)19(17-12-6-2-7-13-17)18-14-8-3-9-15-18;1-20(2,3)13-15-7-9-17(18-11-12-19-17)10-8-16(15)14-21(4,5)6;/h2*1-15H;7-12H2,1-6H3;/q;;-2;+2/p+2. The molecule has 0 aromatic heterocycles. The van der Waals surface area contributed by atoms with Gasteiger partial charge in [0.15, 0.2) is 5.79 Å². The maximum atomic E-state index is 5.94. The Balaban J connectivity index is 0.000000169. The molecule has 1 aliphatic heterocycles. The van der Waals surface area contributed by atoms with Crippen LogP contribution in [0.5, 0.6) is 0 Å². The molecule has 1 saturated carbocycles. The van der Waals surface area contributed by atoms with E-state index in [-0.39, 0.29) is 22.3 Å². The summed E-state index contributed by atoms with van der Waals surface area (Å²) in [5.74, 6) is -0.324. The zero-order chi connectivity index (χ0) is 41.6. The topological polar surface area (TPSA) is 18.5 Å². The second-order valence-electron chi connectivity index (χ2n) is 17.3. The van der Waals surface area contributed by atoms with Crippen LogP contribution in [0.15, 0.2) is 193 Å². The van der Waals surface area contributed by atoms with Gasteiger partial charge in [-0.25, -0.2) is 0 Å². The molecular weight excluding hydrogens is 845 g/mol. The Kier molecular flexibility index (Phi) is 18.3. The minimum Gasteiger partial charge on any atom is -0.377 e. The monoisotopic (exact) mass is 906 g/mol. The summed E-state index contributed by atoms with van der Waals surface area (Å²) in [6, 6.07) is 65.0. The van der Waals surface area contributed by atoms with E-state index in [0.29, 0.717) is 0 Å². The van der Waals surface area contributed by atoms with E-state index in [9.17, 15) is 0 Å². The first-order valence-electron chi connectivity index (χ1n) is 21.1. The summed E-state index contributed by atoms with van der Waals surface area (Å²) < 4.78 is 11.9. The van der Waals surface area contributed by atoms with Gasteiger partial charge < -0.3 is 32.0 Å². The normalized spacial score (nSPS) is 16.3. The van der Waals surface area contributed by atoms with Gasteiger partial charge in [0.1, 0.15) is 31.8 Å². The first-order valence-corrected chi connectivity index (χ1v) is 31.1. The molecule has 1 aliphatic carbocycles. The molecule has 0 unspecified atom stereocenters. The average molecular weight is 908 g/mol. The number of hydrogen-bond donors (Lipinski definition) is 0. The molecule has 1 saturated heterocycles. The van der Waals surface area contributed by atoms with E-state index in [1.807, 2.05) is 0 Å². The minimum absolute atomic E-state index is 0. The number of ether oxygens (including phenoxy) is 2. The van der Waals surface area contributed by atoms with Crippen molar-refractivity contribution in [1.29, 1.82) is 0 Å². The zero-order valence-electron chi connectivity index (χ0n) is 36.2. The number of allylic oxidation sites excluding steroid dienone is 2. The van der Waals surface area contributed by atoms with Crippen LogP contribution in [0, 0.1) is 11.4 Å². The maximum Gasteiger partial charge on any atom is 2.00 e. The van der Waals surface area contributed by atoms with Crippen molar-refractivity contribution in [2.75, 3.05) is 13.2 Å². The Morgan fingerprint density at radius 1 is 0.383 bits per heavy atom. The van der Waals surface area contributed by atoms with Crippen molar-refractivity contribution in [3.63, 3.8) is 0 Å². The fraction of sp³-hybridized carbons (Fsp3) is 0.245. The molecule has 2 fully saturated rings. The van der Waals surface area contributed by atoms with Gasteiger partial charge in [-0.15, -0.1) is 12.8 Å². The second kappa shape index (κ2) is 23.1. The van der Waals surface area contributed by atoms with Crippen molar-refractivity contribution < 1.29 is 26.0 Å². The summed E-state index contributed by atoms with van der Waals surface area (Å²) in [5, 5.41) is 8.61. The molecule has 0 bridgehead atoms. The van der Waals surface area contributed by atoms with Crippen LogP contribution in [-0.4, -0.2) is 35.1 Å². The van der Waals surface area contributed by atoms with Crippen LogP contribution >= 0.6 is 15.8 Å².